The summed E-state index contributed by atoms with van der Waals surface area (Å²) in [7, 11) is 1.54. The number of aldehydes is 1. The van der Waals surface area contributed by atoms with Crippen LogP contribution in [-0.2, 0) is 11.2 Å². The van der Waals surface area contributed by atoms with Crippen molar-refractivity contribution >= 4 is 28.8 Å². The number of methoxy groups -OCH3 is 1. The Morgan fingerprint density at radius 2 is 1.81 bits per heavy atom. The van der Waals surface area contributed by atoms with Crippen LogP contribution >= 0.6 is 0 Å². The zero-order valence-corrected chi connectivity index (χ0v) is 14.2. The van der Waals surface area contributed by atoms with Crippen LogP contribution in [0, 0.1) is 0 Å². The Hall–Kier alpha value is -3.41. The SMILES string of the molecule is COc1ccc(C=O)c2c1NC(=O)CC2.O=c1ccc2ccccc2[nH]1. The number of nitrogens with one attached hydrogen (secondary N) is 2. The monoisotopic (exact) mass is 350 g/mol. The first-order valence-electron chi connectivity index (χ1n) is 8.15. The lowest BCUT2D eigenvalue weighted by Gasteiger charge is -2.20. The molecule has 3 aromatic rings. The number of para-hydroxylation sites is 1. The number of fused-ring (bicyclic) bond motifs is 2. The van der Waals surface area contributed by atoms with Gasteiger partial charge in [-0.15, -0.1) is 0 Å². The lowest BCUT2D eigenvalue weighted by Crippen LogP contribution is -2.20. The quantitative estimate of drug-likeness (QED) is 0.696. The van der Waals surface area contributed by atoms with Gasteiger partial charge in [0.2, 0.25) is 11.5 Å². The Bertz CT molecular complexity index is 1020. The van der Waals surface area contributed by atoms with Crippen molar-refractivity contribution in [2.24, 2.45) is 0 Å². The number of H-pyrrole nitrogens is 1. The fraction of sp³-hybridized carbons (Fsp3) is 0.150. The highest BCUT2D eigenvalue weighted by atomic mass is 16.5. The van der Waals surface area contributed by atoms with E-state index in [1.807, 2.05) is 30.3 Å². The van der Waals surface area contributed by atoms with Gasteiger partial charge in [-0.2, -0.15) is 0 Å². The van der Waals surface area contributed by atoms with Crippen molar-refractivity contribution in [3.63, 3.8) is 0 Å². The molecular formula is C20H18N2O4. The molecule has 0 aliphatic carbocycles. The molecule has 4 rings (SSSR count). The standard InChI is InChI=1S/C11H11NO3.C9H7NO/c1-15-9-4-2-7(6-13)8-3-5-10(14)12-11(8)9;11-9-6-5-7-3-1-2-4-8(7)10-9/h2,4,6H,3,5H2,1H3,(H,12,14);1-6H,(H,10,11). The summed E-state index contributed by atoms with van der Waals surface area (Å²) in [4.78, 5) is 35.6. The number of hydrogen-bond donors (Lipinski definition) is 2. The zero-order valence-electron chi connectivity index (χ0n) is 14.2. The molecule has 2 heterocycles. The number of pyridine rings is 1. The summed E-state index contributed by atoms with van der Waals surface area (Å²) in [5.41, 5.74) is 2.96. The van der Waals surface area contributed by atoms with Crippen molar-refractivity contribution in [3.8, 4) is 5.75 Å². The van der Waals surface area contributed by atoms with Gasteiger partial charge in [-0.3, -0.25) is 14.4 Å². The molecule has 1 amide bonds. The van der Waals surface area contributed by atoms with Gasteiger partial charge in [0, 0.05) is 23.6 Å². The molecular weight excluding hydrogens is 332 g/mol. The van der Waals surface area contributed by atoms with Crippen molar-refractivity contribution in [3.05, 3.63) is 70.0 Å². The molecule has 0 saturated heterocycles. The molecule has 1 aliphatic rings. The number of amides is 1. The molecule has 0 radical (unpaired) electrons. The third-order valence-corrected chi connectivity index (χ3v) is 4.16. The molecule has 2 N–H and O–H groups in total. The normalized spacial score (nSPS) is 12.4. The van der Waals surface area contributed by atoms with E-state index in [-0.39, 0.29) is 11.5 Å². The minimum atomic E-state index is -0.0521. The van der Waals surface area contributed by atoms with E-state index in [2.05, 4.69) is 10.3 Å². The van der Waals surface area contributed by atoms with E-state index >= 15 is 0 Å². The molecule has 0 spiro atoms. The van der Waals surface area contributed by atoms with Gasteiger partial charge in [0.05, 0.1) is 12.8 Å². The van der Waals surface area contributed by atoms with Crippen LogP contribution in [0.2, 0.25) is 0 Å². The van der Waals surface area contributed by atoms with Crippen LogP contribution < -0.4 is 15.6 Å². The van der Waals surface area contributed by atoms with Gasteiger partial charge >= 0.3 is 0 Å². The van der Waals surface area contributed by atoms with Gasteiger partial charge in [-0.25, -0.2) is 0 Å². The summed E-state index contributed by atoms with van der Waals surface area (Å²) in [5, 5.41) is 3.79. The summed E-state index contributed by atoms with van der Waals surface area (Å²) in [5.74, 6) is 0.562. The molecule has 0 atom stereocenters. The third kappa shape index (κ3) is 3.64. The average Bonchev–Trinajstić information content (AvgIpc) is 2.67. The molecule has 26 heavy (non-hydrogen) atoms. The van der Waals surface area contributed by atoms with E-state index in [0.717, 1.165) is 22.8 Å². The van der Waals surface area contributed by atoms with Crippen molar-refractivity contribution in [2.75, 3.05) is 12.4 Å². The minimum absolute atomic E-state index is 0.0381. The van der Waals surface area contributed by atoms with Crippen molar-refractivity contribution in [1.29, 1.82) is 0 Å². The summed E-state index contributed by atoms with van der Waals surface area (Å²) < 4.78 is 5.13. The number of carbonyl (C=O) groups excluding carboxylic acids is 2. The van der Waals surface area contributed by atoms with Crippen LogP contribution in [0.3, 0.4) is 0 Å². The van der Waals surface area contributed by atoms with Crippen molar-refractivity contribution in [1.82, 2.24) is 4.98 Å². The summed E-state index contributed by atoms with van der Waals surface area (Å²) in [6.07, 6.45) is 1.81. The van der Waals surface area contributed by atoms with Gasteiger partial charge < -0.3 is 15.0 Å². The highest BCUT2D eigenvalue weighted by Gasteiger charge is 2.21. The molecule has 6 heteroatoms. The predicted molar refractivity (Wildman–Crippen MR) is 99.9 cm³/mol. The largest absolute Gasteiger partial charge is 0.495 e. The highest BCUT2D eigenvalue weighted by Crippen LogP contribution is 2.34. The number of carbonyl (C=O) groups is 2. The van der Waals surface area contributed by atoms with Gasteiger partial charge in [-0.1, -0.05) is 18.2 Å². The number of aromatic nitrogens is 1. The van der Waals surface area contributed by atoms with Crippen molar-refractivity contribution < 1.29 is 14.3 Å². The Morgan fingerprint density at radius 1 is 1.00 bits per heavy atom. The Morgan fingerprint density at radius 3 is 2.58 bits per heavy atom. The molecule has 0 unspecified atom stereocenters. The first-order valence-corrected chi connectivity index (χ1v) is 8.15. The lowest BCUT2D eigenvalue weighted by molar-refractivity contribution is -0.116. The maximum Gasteiger partial charge on any atom is 0.248 e. The van der Waals surface area contributed by atoms with Gasteiger partial charge in [0.1, 0.15) is 12.0 Å². The molecule has 6 nitrogen and oxygen atoms in total. The topological polar surface area (TPSA) is 88.3 Å². The second-order valence-corrected chi connectivity index (χ2v) is 5.79. The van der Waals surface area contributed by atoms with Crippen LogP contribution in [0.4, 0.5) is 5.69 Å². The smallest absolute Gasteiger partial charge is 0.248 e. The highest BCUT2D eigenvalue weighted by molar-refractivity contribution is 5.98. The second kappa shape index (κ2) is 7.65. The van der Waals surface area contributed by atoms with Crippen LogP contribution in [0.1, 0.15) is 22.3 Å². The van der Waals surface area contributed by atoms with E-state index in [4.69, 9.17) is 4.74 Å². The van der Waals surface area contributed by atoms with Crippen LogP contribution in [0.5, 0.6) is 5.75 Å². The van der Waals surface area contributed by atoms with E-state index in [1.54, 1.807) is 12.1 Å². The van der Waals surface area contributed by atoms with Crippen LogP contribution in [0.15, 0.2) is 53.3 Å². The molecule has 2 aromatic carbocycles. The number of anilines is 1. The van der Waals surface area contributed by atoms with Gasteiger partial charge in [0.25, 0.3) is 0 Å². The number of benzene rings is 2. The fourth-order valence-electron chi connectivity index (χ4n) is 2.87. The van der Waals surface area contributed by atoms with E-state index in [0.29, 0.717) is 29.8 Å². The van der Waals surface area contributed by atoms with Crippen LogP contribution in [0.25, 0.3) is 10.9 Å². The first-order chi connectivity index (χ1) is 12.6. The fourth-order valence-corrected chi connectivity index (χ4v) is 2.87. The first kappa shape index (κ1) is 17.4. The average molecular weight is 350 g/mol. The van der Waals surface area contributed by atoms with Gasteiger partial charge in [-0.05, 0) is 41.6 Å². The number of hydrogen-bond acceptors (Lipinski definition) is 4. The predicted octanol–water partition coefficient (Wildman–Crippen LogP) is 2.92. The second-order valence-electron chi connectivity index (χ2n) is 5.79. The molecule has 0 fully saturated rings. The van der Waals surface area contributed by atoms with Gasteiger partial charge in [0.15, 0.2) is 0 Å². The molecule has 0 bridgehead atoms. The molecule has 1 aromatic heterocycles. The van der Waals surface area contributed by atoms with Crippen molar-refractivity contribution in [2.45, 2.75) is 12.8 Å². The molecule has 1 aliphatic heterocycles. The Balaban J connectivity index is 0.000000158. The minimum Gasteiger partial charge on any atom is -0.495 e. The zero-order chi connectivity index (χ0) is 18.5. The van der Waals surface area contributed by atoms with E-state index < -0.39 is 0 Å². The maximum atomic E-state index is 11.2. The summed E-state index contributed by atoms with van der Waals surface area (Å²) in [6.45, 7) is 0. The Kier molecular flexibility index (Phi) is 5.12. The maximum absolute atomic E-state index is 11.2. The number of ether oxygens (including phenoxy) is 1. The molecule has 0 saturated carbocycles. The van der Waals surface area contributed by atoms with E-state index in [1.165, 1.54) is 13.2 Å². The number of rotatable bonds is 2. The molecule has 132 valence electrons. The summed E-state index contributed by atoms with van der Waals surface area (Å²) in [6, 6.07) is 14.4. The third-order valence-electron chi connectivity index (χ3n) is 4.16. The Labute approximate surface area is 149 Å². The number of aromatic amines is 1. The lowest BCUT2D eigenvalue weighted by atomic mass is 9.97. The summed E-state index contributed by atoms with van der Waals surface area (Å²) >= 11 is 0. The van der Waals surface area contributed by atoms with E-state index in [9.17, 15) is 14.4 Å². The van der Waals surface area contributed by atoms with Crippen LogP contribution in [-0.4, -0.2) is 24.3 Å².